The van der Waals surface area contributed by atoms with E-state index in [1.54, 1.807) is 24.3 Å². The van der Waals surface area contributed by atoms with Gasteiger partial charge in [-0.2, -0.15) is 5.26 Å². The lowest BCUT2D eigenvalue weighted by molar-refractivity contribution is 0.102. The van der Waals surface area contributed by atoms with E-state index in [0.717, 1.165) is 16.8 Å². The second kappa shape index (κ2) is 5.45. The summed E-state index contributed by atoms with van der Waals surface area (Å²) >= 11 is 0. The first kappa shape index (κ1) is 13.6. The Kier molecular flexibility index (Phi) is 3.72. The summed E-state index contributed by atoms with van der Waals surface area (Å²) in [6.45, 7) is 3.79. The third-order valence-corrected chi connectivity index (χ3v) is 3.23. The molecule has 0 unspecified atom stereocenters. The summed E-state index contributed by atoms with van der Waals surface area (Å²) in [6, 6.07) is 12.2. The highest BCUT2D eigenvalue weighted by molar-refractivity contribution is 6.05. The molecule has 0 bridgehead atoms. The van der Waals surface area contributed by atoms with E-state index in [9.17, 15) is 4.79 Å². The van der Waals surface area contributed by atoms with Crippen molar-refractivity contribution in [2.45, 2.75) is 13.8 Å². The lowest BCUT2D eigenvalue weighted by Gasteiger charge is -2.13. The van der Waals surface area contributed by atoms with E-state index in [4.69, 9.17) is 11.0 Å². The number of nitrogen functional groups attached to an aromatic ring is 1. The molecule has 0 fully saturated rings. The van der Waals surface area contributed by atoms with E-state index >= 15 is 0 Å². The number of nitrogens with two attached hydrogens (primary N) is 1. The van der Waals surface area contributed by atoms with Crippen molar-refractivity contribution in [3.8, 4) is 6.07 Å². The van der Waals surface area contributed by atoms with Crippen LogP contribution >= 0.6 is 0 Å². The van der Waals surface area contributed by atoms with Crippen LogP contribution in [0.15, 0.2) is 36.4 Å². The van der Waals surface area contributed by atoms with Gasteiger partial charge in [0, 0.05) is 16.9 Å². The Labute approximate surface area is 117 Å². The van der Waals surface area contributed by atoms with Crippen LogP contribution in [-0.4, -0.2) is 5.91 Å². The average Bonchev–Trinajstić information content (AvgIpc) is 2.47. The minimum Gasteiger partial charge on any atom is -0.398 e. The Hall–Kier alpha value is -2.80. The first-order chi connectivity index (χ1) is 9.52. The highest BCUT2D eigenvalue weighted by Crippen LogP contribution is 2.25. The topological polar surface area (TPSA) is 78.9 Å². The maximum Gasteiger partial charge on any atom is 0.255 e. The molecule has 100 valence electrons. The van der Waals surface area contributed by atoms with Gasteiger partial charge in [0.25, 0.3) is 5.91 Å². The predicted molar refractivity (Wildman–Crippen MR) is 79.4 cm³/mol. The number of carbonyl (C=O) groups excluding carboxylic acids is 1. The monoisotopic (exact) mass is 265 g/mol. The van der Waals surface area contributed by atoms with E-state index < -0.39 is 0 Å². The molecule has 0 aliphatic carbocycles. The molecule has 20 heavy (non-hydrogen) atoms. The number of benzene rings is 2. The van der Waals surface area contributed by atoms with E-state index in [1.165, 1.54) is 0 Å². The van der Waals surface area contributed by atoms with Crippen LogP contribution in [0.3, 0.4) is 0 Å². The third-order valence-electron chi connectivity index (χ3n) is 3.23. The highest BCUT2D eigenvalue weighted by atomic mass is 16.1. The van der Waals surface area contributed by atoms with Crippen molar-refractivity contribution >= 4 is 17.3 Å². The average molecular weight is 265 g/mol. The molecule has 0 aliphatic rings. The van der Waals surface area contributed by atoms with Crippen LogP contribution in [0.2, 0.25) is 0 Å². The SMILES string of the molecule is Cc1ccc(N)c(C)c1NC(=O)c1ccc(C#N)cc1. The number of anilines is 2. The largest absolute Gasteiger partial charge is 0.398 e. The number of rotatable bonds is 2. The Morgan fingerprint density at radius 2 is 1.80 bits per heavy atom. The van der Waals surface area contributed by atoms with Gasteiger partial charge in [-0.05, 0) is 55.3 Å². The second-order valence-corrected chi connectivity index (χ2v) is 4.61. The summed E-state index contributed by atoms with van der Waals surface area (Å²) in [4.78, 5) is 12.2. The number of nitriles is 1. The van der Waals surface area contributed by atoms with Crippen molar-refractivity contribution in [1.29, 1.82) is 5.26 Å². The molecule has 0 aromatic heterocycles. The number of hydrogen-bond donors (Lipinski definition) is 2. The molecule has 0 heterocycles. The van der Waals surface area contributed by atoms with Crippen molar-refractivity contribution in [1.82, 2.24) is 0 Å². The minimum atomic E-state index is -0.216. The fourth-order valence-corrected chi connectivity index (χ4v) is 1.94. The molecule has 0 aliphatic heterocycles. The van der Waals surface area contributed by atoms with Gasteiger partial charge in [-0.15, -0.1) is 0 Å². The molecule has 2 aromatic carbocycles. The molecule has 0 atom stereocenters. The van der Waals surface area contributed by atoms with Crippen LogP contribution in [0.4, 0.5) is 11.4 Å². The fourth-order valence-electron chi connectivity index (χ4n) is 1.94. The zero-order valence-corrected chi connectivity index (χ0v) is 11.4. The van der Waals surface area contributed by atoms with Gasteiger partial charge in [0.2, 0.25) is 0 Å². The first-order valence-corrected chi connectivity index (χ1v) is 6.20. The van der Waals surface area contributed by atoms with E-state index in [-0.39, 0.29) is 5.91 Å². The second-order valence-electron chi connectivity index (χ2n) is 4.61. The van der Waals surface area contributed by atoms with Crippen LogP contribution in [0.5, 0.6) is 0 Å². The normalized spacial score (nSPS) is 9.85. The number of nitrogens with one attached hydrogen (secondary N) is 1. The predicted octanol–water partition coefficient (Wildman–Crippen LogP) is 3.01. The van der Waals surface area contributed by atoms with E-state index in [0.29, 0.717) is 16.8 Å². The quantitative estimate of drug-likeness (QED) is 0.819. The Morgan fingerprint density at radius 1 is 1.15 bits per heavy atom. The molecule has 0 spiro atoms. The minimum absolute atomic E-state index is 0.216. The van der Waals surface area contributed by atoms with Crippen molar-refractivity contribution in [2.75, 3.05) is 11.1 Å². The number of nitrogens with zero attached hydrogens (tertiary/aromatic N) is 1. The molecule has 0 saturated carbocycles. The molecule has 0 saturated heterocycles. The molecule has 2 aromatic rings. The summed E-state index contributed by atoms with van der Waals surface area (Å²) in [7, 11) is 0. The van der Waals surface area contributed by atoms with Gasteiger partial charge in [-0.1, -0.05) is 6.07 Å². The molecule has 4 heteroatoms. The summed E-state index contributed by atoms with van der Waals surface area (Å²) in [5, 5.41) is 11.6. The molecular formula is C16H15N3O. The third kappa shape index (κ3) is 2.62. The molecule has 4 nitrogen and oxygen atoms in total. The van der Waals surface area contributed by atoms with Crippen molar-refractivity contribution in [2.24, 2.45) is 0 Å². The Morgan fingerprint density at radius 3 is 2.40 bits per heavy atom. The van der Waals surface area contributed by atoms with Gasteiger partial charge >= 0.3 is 0 Å². The maximum absolute atomic E-state index is 12.2. The molecule has 1 amide bonds. The van der Waals surface area contributed by atoms with Crippen molar-refractivity contribution < 1.29 is 4.79 Å². The first-order valence-electron chi connectivity index (χ1n) is 6.20. The van der Waals surface area contributed by atoms with Gasteiger partial charge in [0.05, 0.1) is 11.6 Å². The molecule has 2 rings (SSSR count). The lowest BCUT2D eigenvalue weighted by atomic mass is 10.1. The van der Waals surface area contributed by atoms with Crippen LogP contribution < -0.4 is 11.1 Å². The number of aryl methyl sites for hydroxylation is 1. The zero-order chi connectivity index (χ0) is 14.7. The van der Waals surface area contributed by atoms with E-state index in [2.05, 4.69) is 5.32 Å². The Bertz CT molecular complexity index is 697. The van der Waals surface area contributed by atoms with E-state index in [1.807, 2.05) is 32.0 Å². The van der Waals surface area contributed by atoms with Crippen molar-refractivity contribution in [3.05, 3.63) is 58.7 Å². The summed E-state index contributed by atoms with van der Waals surface area (Å²) in [6.07, 6.45) is 0. The van der Waals surface area contributed by atoms with Gasteiger partial charge in [0.1, 0.15) is 0 Å². The standard InChI is InChI=1S/C16H15N3O/c1-10-3-8-14(18)11(2)15(10)19-16(20)13-6-4-12(9-17)5-7-13/h3-8H,18H2,1-2H3,(H,19,20). The lowest BCUT2D eigenvalue weighted by Crippen LogP contribution is -2.14. The van der Waals surface area contributed by atoms with Gasteiger partial charge in [0.15, 0.2) is 0 Å². The highest BCUT2D eigenvalue weighted by Gasteiger charge is 2.11. The molecule has 3 N–H and O–H groups in total. The van der Waals surface area contributed by atoms with Crippen LogP contribution in [0.1, 0.15) is 27.0 Å². The zero-order valence-electron chi connectivity index (χ0n) is 11.4. The van der Waals surface area contributed by atoms with Crippen molar-refractivity contribution in [3.63, 3.8) is 0 Å². The molecule has 0 radical (unpaired) electrons. The van der Waals surface area contributed by atoms with Crippen LogP contribution in [0, 0.1) is 25.2 Å². The van der Waals surface area contributed by atoms with Crippen LogP contribution in [-0.2, 0) is 0 Å². The number of hydrogen-bond acceptors (Lipinski definition) is 3. The smallest absolute Gasteiger partial charge is 0.255 e. The summed E-state index contributed by atoms with van der Waals surface area (Å²) < 4.78 is 0. The summed E-state index contributed by atoms with van der Waals surface area (Å²) in [5.41, 5.74) is 10.1. The van der Waals surface area contributed by atoms with Gasteiger partial charge in [-0.3, -0.25) is 4.79 Å². The molecular weight excluding hydrogens is 250 g/mol. The Balaban J connectivity index is 2.28. The van der Waals surface area contributed by atoms with Gasteiger partial charge in [-0.25, -0.2) is 0 Å². The summed E-state index contributed by atoms with van der Waals surface area (Å²) in [5.74, 6) is -0.216. The number of carbonyl (C=O) groups is 1. The number of amides is 1. The van der Waals surface area contributed by atoms with Gasteiger partial charge < -0.3 is 11.1 Å². The fraction of sp³-hybridized carbons (Fsp3) is 0.125. The van der Waals surface area contributed by atoms with Crippen LogP contribution in [0.25, 0.3) is 0 Å². The maximum atomic E-state index is 12.2.